The van der Waals surface area contributed by atoms with E-state index < -0.39 is 12.1 Å². The van der Waals surface area contributed by atoms with Crippen molar-refractivity contribution in [3.63, 3.8) is 0 Å². The number of halogens is 3. The Hall–Kier alpha value is -3.08. The van der Waals surface area contributed by atoms with Crippen LogP contribution in [0.5, 0.6) is 5.75 Å². The molecule has 0 saturated carbocycles. The number of pyridine rings is 1. The van der Waals surface area contributed by atoms with Crippen molar-refractivity contribution in [2.45, 2.75) is 43.7 Å². The zero-order valence-electron chi connectivity index (χ0n) is 16.3. The van der Waals surface area contributed by atoms with Gasteiger partial charge in [0, 0.05) is 12.7 Å². The van der Waals surface area contributed by atoms with Crippen LogP contribution < -0.4 is 4.74 Å². The molecule has 2 fully saturated rings. The van der Waals surface area contributed by atoms with Crippen molar-refractivity contribution in [3.8, 4) is 5.75 Å². The molecule has 0 bridgehead atoms. The number of aromatic nitrogens is 1. The number of furan rings is 1. The van der Waals surface area contributed by atoms with Crippen molar-refractivity contribution in [1.82, 2.24) is 9.88 Å². The van der Waals surface area contributed by atoms with Gasteiger partial charge < -0.3 is 23.9 Å². The van der Waals surface area contributed by atoms with E-state index in [4.69, 9.17) is 23.8 Å². The Morgan fingerprint density at radius 1 is 1.23 bits per heavy atom. The first-order valence-electron chi connectivity index (χ1n) is 9.58. The van der Waals surface area contributed by atoms with Crippen LogP contribution in [0.1, 0.15) is 29.8 Å². The number of carbonyl (C=O) groups excluding carboxylic acids is 1. The van der Waals surface area contributed by atoms with Gasteiger partial charge in [0.2, 0.25) is 0 Å². The molecule has 4 heterocycles. The number of alkyl halides is 3. The van der Waals surface area contributed by atoms with E-state index in [0.29, 0.717) is 18.9 Å². The Morgan fingerprint density at radius 3 is 2.61 bits per heavy atom. The molecule has 0 aliphatic carbocycles. The minimum Gasteiger partial charge on any atom is -0.489 e. The fraction of sp³-hybridized carbons (Fsp3) is 0.450. The van der Waals surface area contributed by atoms with Gasteiger partial charge in [0.15, 0.2) is 5.76 Å². The van der Waals surface area contributed by atoms with Crippen LogP contribution in [-0.4, -0.2) is 64.4 Å². The number of carbonyl (C=O) groups is 2. The lowest BCUT2D eigenvalue weighted by Crippen LogP contribution is -2.46. The monoisotopic (exact) mass is 442 g/mol. The Morgan fingerprint density at radius 2 is 2.00 bits per heavy atom. The summed E-state index contributed by atoms with van der Waals surface area (Å²) in [5.41, 5.74) is 0. The molecule has 2 aromatic heterocycles. The van der Waals surface area contributed by atoms with E-state index in [-0.39, 0.29) is 24.2 Å². The maximum Gasteiger partial charge on any atom is 0.490 e. The van der Waals surface area contributed by atoms with Crippen molar-refractivity contribution in [2.75, 3.05) is 13.2 Å². The van der Waals surface area contributed by atoms with Gasteiger partial charge in [-0.25, -0.2) is 4.79 Å². The van der Waals surface area contributed by atoms with Crippen LogP contribution in [0.2, 0.25) is 0 Å². The van der Waals surface area contributed by atoms with E-state index in [2.05, 4.69) is 4.98 Å². The van der Waals surface area contributed by atoms with Gasteiger partial charge in [-0.05, 0) is 43.5 Å². The number of nitrogens with zero attached hydrogens (tertiary/aromatic N) is 2. The summed E-state index contributed by atoms with van der Waals surface area (Å²) < 4.78 is 48.9. The molecule has 0 spiro atoms. The predicted octanol–water partition coefficient (Wildman–Crippen LogP) is 3.15. The van der Waals surface area contributed by atoms with Crippen LogP contribution >= 0.6 is 0 Å². The molecule has 0 unspecified atom stereocenters. The molecule has 1 N–H and O–H groups in total. The Kier molecular flexibility index (Phi) is 7.16. The summed E-state index contributed by atoms with van der Waals surface area (Å²) >= 11 is 0. The van der Waals surface area contributed by atoms with E-state index >= 15 is 0 Å². The molecule has 4 rings (SSSR count). The van der Waals surface area contributed by atoms with E-state index in [9.17, 15) is 18.0 Å². The second-order valence-corrected chi connectivity index (χ2v) is 7.01. The normalized spacial score (nSPS) is 22.8. The first kappa shape index (κ1) is 22.6. The lowest BCUT2D eigenvalue weighted by atomic mass is 9.99. The number of ether oxygens (including phenoxy) is 2. The lowest BCUT2D eigenvalue weighted by molar-refractivity contribution is -0.192. The Balaban J connectivity index is 0.000000339. The molecule has 0 aromatic carbocycles. The second kappa shape index (κ2) is 9.82. The summed E-state index contributed by atoms with van der Waals surface area (Å²) in [5, 5.41) is 7.12. The largest absolute Gasteiger partial charge is 0.490 e. The molecule has 8 nitrogen and oxygen atoms in total. The summed E-state index contributed by atoms with van der Waals surface area (Å²) in [4.78, 5) is 27.3. The van der Waals surface area contributed by atoms with Crippen LogP contribution in [0.25, 0.3) is 0 Å². The minimum absolute atomic E-state index is 0.0406. The van der Waals surface area contributed by atoms with Gasteiger partial charge in [0.05, 0.1) is 30.7 Å². The number of rotatable bonds is 4. The highest BCUT2D eigenvalue weighted by molar-refractivity contribution is 5.92. The molecule has 2 aliphatic rings. The highest BCUT2D eigenvalue weighted by Gasteiger charge is 2.42. The molecule has 2 aliphatic heterocycles. The van der Waals surface area contributed by atoms with Crippen molar-refractivity contribution < 1.29 is 41.8 Å². The third-order valence-electron chi connectivity index (χ3n) is 4.94. The molecule has 3 atom stereocenters. The number of carboxylic acid groups (broad SMARTS) is 1. The summed E-state index contributed by atoms with van der Waals surface area (Å²) in [5.74, 6) is -1.64. The van der Waals surface area contributed by atoms with E-state index in [0.717, 1.165) is 25.0 Å². The molecule has 1 amide bonds. The first-order chi connectivity index (χ1) is 14.8. The summed E-state index contributed by atoms with van der Waals surface area (Å²) in [7, 11) is 0. The number of amides is 1. The second-order valence-electron chi connectivity index (χ2n) is 7.01. The lowest BCUT2D eigenvalue weighted by Gasteiger charge is -2.35. The molecule has 2 saturated heterocycles. The maximum absolute atomic E-state index is 12.5. The van der Waals surface area contributed by atoms with Crippen LogP contribution in [0.15, 0.2) is 47.3 Å². The number of hydrogen-bond donors (Lipinski definition) is 1. The molecule has 11 heteroatoms. The number of aliphatic carboxylic acids is 1. The van der Waals surface area contributed by atoms with Gasteiger partial charge in [-0.3, -0.25) is 9.78 Å². The topological polar surface area (TPSA) is 102 Å². The standard InChI is InChI=1S/C18H20N2O4.C2HF3O2/c21-18(17-4-2-10-22-17)20-9-7-16-15(20)6-5-14(24-16)12-23-13-3-1-8-19-11-13;3-2(4,5)1(6)7/h1-4,8,10-11,14-16H,5-7,9,12H2;(H,6,7)/t14-,15+,16+;/m1./s1. The zero-order valence-corrected chi connectivity index (χ0v) is 16.3. The van der Waals surface area contributed by atoms with Crippen molar-refractivity contribution in [1.29, 1.82) is 0 Å². The Bertz CT molecular complexity index is 860. The number of fused-ring (bicyclic) bond motifs is 1. The van der Waals surface area contributed by atoms with Crippen LogP contribution in [-0.2, 0) is 9.53 Å². The molecule has 168 valence electrons. The van der Waals surface area contributed by atoms with Crippen LogP contribution in [0.4, 0.5) is 13.2 Å². The molecule has 2 aromatic rings. The molecular weight excluding hydrogens is 421 g/mol. The summed E-state index contributed by atoms with van der Waals surface area (Å²) in [6, 6.07) is 7.32. The SMILES string of the molecule is O=C(O)C(F)(F)F.O=C(c1ccco1)N1CC[C@@H]2O[C@@H](COc3cccnc3)CC[C@@H]21. The van der Waals surface area contributed by atoms with Gasteiger partial charge in [-0.2, -0.15) is 13.2 Å². The van der Waals surface area contributed by atoms with Gasteiger partial charge in [0.1, 0.15) is 12.4 Å². The van der Waals surface area contributed by atoms with Crippen LogP contribution in [0.3, 0.4) is 0 Å². The predicted molar refractivity (Wildman–Crippen MR) is 99.5 cm³/mol. The molecule has 31 heavy (non-hydrogen) atoms. The quantitative estimate of drug-likeness (QED) is 0.776. The van der Waals surface area contributed by atoms with E-state index in [1.807, 2.05) is 17.0 Å². The summed E-state index contributed by atoms with van der Waals surface area (Å²) in [6.07, 6.45) is 2.68. The van der Waals surface area contributed by atoms with E-state index in [1.54, 1.807) is 24.5 Å². The van der Waals surface area contributed by atoms with E-state index in [1.165, 1.54) is 6.26 Å². The van der Waals surface area contributed by atoms with Crippen LogP contribution in [0, 0.1) is 0 Å². The third-order valence-corrected chi connectivity index (χ3v) is 4.94. The average molecular weight is 442 g/mol. The van der Waals surface area contributed by atoms with Gasteiger partial charge in [0.25, 0.3) is 5.91 Å². The minimum atomic E-state index is -5.08. The fourth-order valence-electron chi connectivity index (χ4n) is 3.54. The number of hydrogen-bond acceptors (Lipinski definition) is 6. The van der Waals surface area contributed by atoms with Crippen molar-refractivity contribution in [2.24, 2.45) is 0 Å². The van der Waals surface area contributed by atoms with Gasteiger partial charge in [-0.15, -0.1) is 0 Å². The third kappa shape index (κ3) is 5.97. The highest BCUT2D eigenvalue weighted by Crippen LogP contribution is 2.32. The maximum atomic E-state index is 12.5. The summed E-state index contributed by atoms with van der Waals surface area (Å²) in [6.45, 7) is 1.23. The zero-order chi connectivity index (χ0) is 22.4. The van der Waals surface area contributed by atoms with Crippen molar-refractivity contribution in [3.05, 3.63) is 48.7 Å². The van der Waals surface area contributed by atoms with Gasteiger partial charge >= 0.3 is 12.1 Å². The first-order valence-corrected chi connectivity index (χ1v) is 9.58. The fourth-order valence-corrected chi connectivity index (χ4v) is 3.54. The molecule has 0 radical (unpaired) electrons. The van der Waals surface area contributed by atoms with Gasteiger partial charge in [-0.1, -0.05) is 0 Å². The number of likely N-dealkylation sites (tertiary alicyclic amines) is 1. The number of carboxylic acids is 1. The average Bonchev–Trinajstić information content (AvgIpc) is 3.42. The van der Waals surface area contributed by atoms with Crippen molar-refractivity contribution >= 4 is 11.9 Å². The smallest absolute Gasteiger partial charge is 0.489 e. The molecular formula is C20H21F3N2O6. The highest BCUT2D eigenvalue weighted by atomic mass is 19.4. The Labute approximate surface area is 175 Å².